The fourth-order valence-corrected chi connectivity index (χ4v) is 2.18. The summed E-state index contributed by atoms with van der Waals surface area (Å²) in [6, 6.07) is 0. The van der Waals surface area contributed by atoms with Gasteiger partial charge in [0.15, 0.2) is 0 Å². The van der Waals surface area contributed by atoms with Crippen LogP contribution in [-0.2, 0) is 19.1 Å². The number of ether oxygens (including phenoxy) is 2. The molecule has 0 amide bonds. The molecule has 0 saturated heterocycles. The molecule has 4 heteroatoms. The second kappa shape index (κ2) is 11.7. The first kappa shape index (κ1) is 20.1. The normalized spacial score (nSPS) is 14.0. The van der Waals surface area contributed by atoms with Crippen molar-refractivity contribution in [1.29, 1.82) is 0 Å². The molecule has 0 aliphatic heterocycles. The fourth-order valence-electron chi connectivity index (χ4n) is 2.18. The average Bonchev–Trinajstić information content (AvgIpc) is 2.40. The highest BCUT2D eigenvalue weighted by molar-refractivity contribution is 5.96. The summed E-state index contributed by atoms with van der Waals surface area (Å²) in [7, 11) is 0. The van der Waals surface area contributed by atoms with E-state index in [1.165, 1.54) is 0 Å². The standard InChI is InChI=1S/C17H32O4/c1-6-8-9-20-12-14(5)21-17(19)11-16(18)15(7-2)10-13(3)4/h13-15H,6-12H2,1-5H3. The average molecular weight is 300 g/mol. The smallest absolute Gasteiger partial charge is 0.313 e. The zero-order valence-corrected chi connectivity index (χ0v) is 14.3. The highest BCUT2D eigenvalue weighted by Crippen LogP contribution is 2.18. The van der Waals surface area contributed by atoms with Gasteiger partial charge in [-0.25, -0.2) is 0 Å². The molecule has 0 rings (SSSR count). The second-order valence-electron chi connectivity index (χ2n) is 6.11. The zero-order chi connectivity index (χ0) is 16.3. The minimum atomic E-state index is -0.436. The molecule has 0 aliphatic carbocycles. The van der Waals surface area contributed by atoms with Crippen molar-refractivity contribution >= 4 is 11.8 Å². The molecular weight excluding hydrogens is 268 g/mol. The van der Waals surface area contributed by atoms with Crippen molar-refractivity contribution in [1.82, 2.24) is 0 Å². The first-order valence-electron chi connectivity index (χ1n) is 8.20. The minimum absolute atomic E-state index is 0.00435. The van der Waals surface area contributed by atoms with Crippen LogP contribution in [0.1, 0.15) is 66.7 Å². The molecule has 0 fully saturated rings. The van der Waals surface area contributed by atoms with Gasteiger partial charge >= 0.3 is 5.97 Å². The molecule has 0 aromatic heterocycles. The van der Waals surface area contributed by atoms with Crippen LogP contribution in [0.5, 0.6) is 0 Å². The Hall–Kier alpha value is -0.900. The number of ketones is 1. The van der Waals surface area contributed by atoms with E-state index in [1.54, 1.807) is 6.92 Å². The SMILES string of the molecule is CCCCOCC(C)OC(=O)CC(=O)C(CC)CC(C)C. The number of unbranched alkanes of at least 4 members (excludes halogenated alkanes) is 1. The lowest BCUT2D eigenvalue weighted by atomic mass is 9.90. The van der Waals surface area contributed by atoms with Gasteiger partial charge in [-0.2, -0.15) is 0 Å². The van der Waals surface area contributed by atoms with Gasteiger partial charge in [-0.1, -0.05) is 34.1 Å². The molecule has 4 nitrogen and oxygen atoms in total. The van der Waals surface area contributed by atoms with Crippen molar-refractivity contribution in [2.24, 2.45) is 11.8 Å². The van der Waals surface area contributed by atoms with E-state index in [9.17, 15) is 9.59 Å². The van der Waals surface area contributed by atoms with Crippen LogP contribution in [0.3, 0.4) is 0 Å². The zero-order valence-electron chi connectivity index (χ0n) is 14.3. The number of carbonyl (C=O) groups excluding carboxylic acids is 2. The van der Waals surface area contributed by atoms with Crippen molar-refractivity contribution < 1.29 is 19.1 Å². The molecule has 0 saturated carbocycles. The third-order valence-electron chi connectivity index (χ3n) is 3.35. The topological polar surface area (TPSA) is 52.6 Å². The van der Waals surface area contributed by atoms with Crippen molar-refractivity contribution in [2.75, 3.05) is 13.2 Å². The Morgan fingerprint density at radius 1 is 1.10 bits per heavy atom. The van der Waals surface area contributed by atoms with Crippen molar-refractivity contribution in [2.45, 2.75) is 72.8 Å². The fraction of sp³-hybridized carbons (Fsp3) is 0.882. The molecule has 21 heavy (non-hydrogen) atoms. The van der Waals surface area contributed by atoms with E-state index < -0.39 is 5.97 Å². The number of rotatable bonds is 12. The Morgan fingerprint density at radius 2 is 1.76 bits per heavy atom. The summed E-state index contributed by atoms with van der Waals surface area (Å²) in [4.78, 5) is 23.8. The quantitative estimate of drug-likeness (QED) is 0.313. The Kier molecular flexibility index (Phi) is 11.2. The maximum Gasteiger partial charge on any atom is 0.313 e. The minimum Gasteiger partial charge on any atom is -0.460 e. The summed E-state index contributed by atoms with van der Waals surface area (Å²) in [5.41, 5.74) is 0. The van der Waals surface area contributed by atoms with Crippen LogP contribution in [0, 0.1) is 11.8 Å². The highest BCUT2D eigenvalue weighted by Gasteiger charge is 2.22. The third kappa shape index (κ3) is 10.5. The number of Topliss-reactive ketones (excluding diaryl/α,β-unsaturated/α-hetero) is 1. The first-order valence-corrected chi connectivity index (χ1v) is 8.20. The van der Waals surface area contributed by atoms with E-state index in [0.29, 0.717) is 19.1 Å². The first-order chi connectivity index (χ1) is 9.90. The molecule has 0 N–H and O–H groups in total. The lowest BCUT2D eigenvalue weighted by Crippen LogP contribution is -2.25. The predicted octanol–water partition coefficient (Wildman–Crippen LogP) is 3.77. The van der Waals surface area contributed by atoms with Crippen LogP contribution in [0.15, 0.2) is 0 Å². The van der Waals surface area contributed by atoms with Crippen LogP contribution >= 0.6 is 0 Å². The summed E-state index contributed by atoms with van der Waals surface area (Å²) < 4.78 is 10.6. The van der Waals surface area contributed by atoms with Gasteiger partial charge in [-0.15, -0.1) is 0 Å². The van der Waals surface area contributed by atoms with E-state index in [-0.39, 0.29) is 24.2 Å². The van der Waals surface area contributed by atoms with Crippen molar-refractivity contribution in [3.05, 3.63) is 0 Å². The summed E-state index contributed by atoms with van der Waals surface area (Å²) in [6.45, 7) is 11.1. The number of esters is 1. The summed E-state index contributed by atoms with van der Waals surface area (Å²) >= 11 is 0. The number of hydrogen-bond acceptors (Lipinski definition) is 4. The molecule has 0 aromatic rings. The van der Waals surface area contributed by atoms with E-state index in [4.69, 9.17) is 9.47 Å². The lowest BCUT2D eigenvalue weighted by molar-refractivity contribution is -0.153. The molecule has 2 unspecified atom stereocenters. The summed E-state index contributed by atoms with van der Waals surface area (Å²) in [6.07, 6.45) is 3.28. The van der Waals surface area contributed by atoms with Gasteiger partial charge in [-0.3, -0.25) is 9.59 Å². The van der Waals surface area contributed by atoms with Crippen molar-refractivity contribution in [3.63, 3.8) is 0 Å². The van der Waals surface area contributed by atoms with Gasteiger partial charge in [0.1, 0.15) is 18.3 Å². The maximum atomic E-state index is 12.1. The van der Waals surface area contributed by atoms with Crippen LogP contribution < -0.4 is 0 Å². The van der Waals surface area contributed by atoms with Gasteiger partial charge in [0.2, 0.25) is 0 Å². The van der Waals surface area contributed by atoms with E-state index >= 15 is 0 Å². The van der Waals surface area contributed by atoms with Gasteiger partial charge < -0.3 is 9.47 Å². The van der Waals surface area contributed by atoms with Gasteiger partial charge in [-0.05, 0) is 32.1 Å². The molecular formula is C17H32O4. The molecule has 0 aromatic carbocycles. The van der Waals surface area contributed by atoms with Crippen LogP contribution in [0.2, 0.25) is 0 Å². The summed E-state index contributed by atoms with van der Waals surface area (Å²) in [5, 5.41) is 0. The molecule has 124 valence electrons. The lowest BCUT2D eigenvalue weighted by Gasteiger charge is -2.17. The highest BCUT2D eigenvalue weighted by atomic mass is 16.6. The molecule has 0 aliphatic rings. The molecule has 0 heterocycles. The Balaban J connectivity index is 4.02. The Labute approximate surface area is 129 Å². The third-order valence-corrected chi connectivity index (χ3v) is 3.35. The van der Waals surface area contributed by atoms with Gasteiger partial charge in [0, 0.05) is 12.5 Å². The molecule has 0 bridgehead atoms. The predicted molar refractivity (Wildman–Crippen MR) is 84.1 cm³/mol. The van der Waals surface area contributed by atoms with Crippen LogP contribution in [0.4, 0.5) is 0 Å². The number of carbonyl (C=O) groups is 2. The Bertz CT molecular complexity index is 299. The second-order valence-corrected chi connectivity index (χ2v) is 6.11. The monoisotopic (exact) mass is 300 g/mol. The van der Waals surface area contributed by atoms with E-state index in [0.717, 1.165) is 25.7 Å². The molecule has 0 radical (unpaired) electrons. The summed E-state index contributed by atoms with van der Waals surface area (Å²) in [5.74, 6) is -0.0152. The van der Waals surface area contributed by atoms with Gasteiger partial charge in [0.25, 0.3) is 0 Å². The van der Waals surface area contributed by atoms with Crippen LogP contribution in [0.25, 0.3) is 0 Å². The van der Waals surface area contributed by atoms with E-state index in [1.807, 2.05) is 6.92 Å². The largest absolute Gasteiger partial charge is 0.460 e. The van der Waals surface area contributed by atoms with Crippen molar-refractivity contribution in [3.8, 4) is 0 Å². The van der Waals surface area contributed by atoms with E-state index in [2.05, 4.69) is 20.8 Å². The molecule has 0 spiro atoms. The van der Waals surface area contributed by atoms with Crippen LogP contribution in [-0.4, -0.2) is 31.1 Å². The molecule has 2 atom stereocenters. The van der Waals surface area contributed by atoms with Gasteiger partial charge in [0.05, 0.1) is 6.61 Å². The maximum absolute atomic E-state index is 12.1. The number of hydrogen-bond donors (Lipinski definition) is 0. The Morgan fingerprint density at radius 3 is 2.29 bits per heavy atom.